The zero-order valence-corrected chi connectivity index (χ0v) is 11.7. The van der Waals surface area contributed by atoms with Crippen LogP contribution in [0.2, 0.25) is 0 Å². The van der Waals surface area contributed by atoms with Crippen LogP contribution in [0.3, 0.4) is 0 Å². The molecule has 3 nitrogen and oxygen atoms in total. The topological polar surface area (TPSA) is 47.3 Å². The van der Waals surface area contributed by atoms with Gasteiger partial charge >= 0.3 is 0 Å². The van der Waals surface area contributed by atoms with Crippen LogP contribution in [0.4, 0.5) is 0 Å². The van der Waals surface area contributed by atoms with Crippen LogP contribution in [-0.4, -0.2) is 18.2 Å². The minimum absolute atomic E-state index is 0.226. The number of rotatable bonds is 4. The zero-order chi connectivity index (χ0) is 13.2. The van der Waals surface area contributed by atoms with Crippen LogP contribution in [0.5, 0.6) is 0 Å². The van der Waals surface area contributed by atoms with Crippen molar-refractivity contribution in [3.63, 3.8) is 0 Å². The molecule has 2 aliphatic rings. The van der Waals surface area contributed by atoms with Gasteiger partial charge in [-0.25, -0.2) is 0 Å². The summed E-state index contributed by atoms with van der Waals surface area (Å²) < 4.78 is 5.94. The van der Waals surface area contributed by atoms with Crippen LogP contribution in [0.25, 0.3) is 0 Å². The van der Waals surface area contributed by atoms with E-state index in [0.717, 1.165) is 19.3 Å². The normalized spacial score (nSPS) is 27.5. The van der Waals surface area contributed by atoms with Gasteiger partial charge in [0.15, 0.2) is 0 Å². The molecule has 104 valence electrons. The molecule has 1 fully saturated rings. The van der Waals surface area contributed by atoms with Crippen molar-refractivity contribution in [3.05, 3.63) is 34.9 Å². The van der Waals surface area contributed by atoms with E-state index in [4.69, 9.17) is 10.6 Å². The van der Waals surface area contributed by atoms with E-state index in [0.29, 0.717) is 6.10 Å². The minimum atomic E-state index is 0.226. The van der Waals surface area contributed by atoms with Crippen molar-refractivity contribution in [1.29, 1.82) is 0 Å². The van der Waals surface area contributed by atoms with Crippen molar-refractivity contribution in [1.82, 2.24) is 5.43 Å². The second-order valence-electron chi connectivity index (χ2n) is 6.00. The molecule has 0 spiro atoms. The lowest BCUT2D eigenvalue weighted by atomic mass is 9.97. The summed E-state index contributed by atoms with van der Waals surface area (Å²) in [6.07, 6.45) is 7.64. The Morgan fingerprint density at radius 1 is 1.32 bits per heavy atom. The van der Waals surface area contributed by atoms with Crippen LogP contribution < -0.4 is 11.3 Å². The molecule has 0 aromatic heterocycles. The largest absolute Gasteiger partial charge is 0.374 e. The van der Waals surface area contributed by atoms with Crippen LogP contribution in [-0.2, 0) is 24.0 Å². The first-order valence-electron chi connectivity index (χ1n) is 7.48. The Morgan fingerprint density at radius 2 is 2.16 bits per heavy atom. The number of nitrogens with one attached hydrogen (secondary N) is 1. The Bertz CT molecular complexity index is 446. The highest BCUT2D eigenvalue weighted by Crippen LogP contribution is 2.26. The van der Waals surface area contributed by atoms with Gasteiger partial charge in [0, 0.05) is 0 Å². The molecule has 1 aliphatic heterocycles. The number of hydrazine groups is 1. The van der Waals surface area contributed by atoms with E-state index < -0.39 is 0 Å². The molecule has 1 aromatic carbocycles. The molecule has 0 amide bonds. The van der Waals surface area contributed by atoms with Gasteiger partial charge in [-0.05, 0) is 62.1 Å². The number of benzene rings is 1. The summed E-state index contributed by atoms with van der Waals surface area (Å²) in [4.78, 5) is 0. The standard InChI is InChI=1S/C16H24N2O/c1-11-5-8-16(19-11)15(18-17)10-12-6-7-13-3-2-4-14(13)9-12/h6-7,9,11,15-16,18H,2-5,8,10,17H2,1H3. The molecule has 1 heterocycles. The predicted molar refractivity (Wildman–Crippen MR) is 76.9 cm³/mol. The SMILES string of the molecule is CC1CCC(C(Cc2ccc3c(c2)CCC3)NN)O1. The summed E-state index contributed by atoms with van der Waals surface area (Å²) in [6, 6.07) is 7.14. The molecule has 0 saturated carbocycles. The summed E-state index contributed by atoms with van der Waals surface area (Å²) in [5.41, 5.74) is 7.41. The quantitative estimate of drug-likeness (QED) is 0.644. The van der Waals surface area contributed by atoms with E-state index in [2.05, 4.69) is 30.5 Å². The van der Waals surface area contributed by atoms with Gasteiger partial charge in [-0.15, -0.1) is 0 Å². The number of aryl methyl sites for hydroxylation is 2. The van der Waals surface area contributed by atoms with Gasteiger partial charge in [0.25, 0.3) is 0 Å². The number of hydrogen-bond acceptors (Lipinski definition) is 3. The molecule has 3 N–H and O–H groups in total. The molecule has 1 aromatic rings. The van der Waals surface area contributed by atoms with Crippen molar-refractivity contribution >= 4 is 0 Å². The summed E-state index contributed by atoms with van der Waals surface area (Å²) in [6.45, 7) is 2.14. The molecule has 1 saturated heterocycles. The average Bonchev–Trinajstić information content (AvgIpc) is 3.04. The van der Waals surface area contributed by atoms with Crippen molar-refractivity contribution in [3.8, 4) is 0 Å². The Labute approximate surface area is 115 Å². The highest BCUT2D eigenvalue weighted by atomic mass is 16.5. The van der Waals surface area contributed by atoms with Crippen molar-refractivity contribution in [2.45, 2.75) is 63.7 Å². The van der Waals surface area contributed by atoms with Gasteiger partial charge in [0.2, 0.25) is 0 Å². The summed E-state index contributed by atoms with van der Waals surface area (Å²) in [5, 5.41) is 0. The van der Waals surface area contributed by atoms with Gasteiger partial charge in [0.1, 0.15) is 0 Å². The monoisotopic (exact) mass is 260 g/mol. The molecule has 3 unspecified atom stereocenters. The van der Waals surface area contributed by atoms with Gasteiger partial charge in [-0.2, -0.15) is 0 Å². The van der Waals surface area contributed by atoms with Crippen LogP contribution in [0.15, 0.2) is 18.2 Å². The summed E-state index contributed by atoms with van der Waals surface area (Å²) in [7, 11) is 0. The third kappa shape index (κ3) is 2.83. The smallest absolute Gasteiger partial charge is 0.0749 e. The fraction of sp³-hybridized carbons (Fsp3) is 0.625. The maximum absolute atomic E-state index is 5.94. The number of nitrogens with two attached hydrogens (primary N) is 1. The molecule has 0 bridgehead atoms. The molecule has 3 rings (SSSR count). The lowest BCUT2D eigenvalue weighted by Crippen LogP contribution is -2.45. The molecular weight excluding hydrogens is 236 g/mol. The third-order valence-electron chi connectivity index (χ3n) is 4.55. The first-order chi connectivity index (χ1) is 9.26. The molecule has 3 atom stereocenters. The number of ether oxygens (including phenoxy) is 1. The van der Waals surface area contributed by atoms with Gasteiger partial charge in [-0.1, -0.05) is 18.2 Å². The van der Waals surface area contributed by atoms with Crippen LogP contribution >= 0.6 is 0 Å². The fourth-order valence-corrected chi connectivity index (χ4v) is 3.43. The molecule has 0 radical (unpaired) electrons. The van der Waals surface area contributed by atoms with Gasteiger partial charge in [-0.3, -0.25) is 11.3 Å². The Balaban J connectivity index is 1.69. The van der Waals surface area contributed by atoms with E-state index in [9.17, 15) is 0 Å². The van der Waals surface area contributed by atoms with Crippen LogP contribution in [0, 0.1) is 0 Å². The average molecular weight is 260 g/mol. The zero-order valence-electron chi connectivity index (χ0n) is 11.7. The molecule has 3 heteroatoms. The van der Waals surface area contributed by atoms with Gasteiger partial charge in [0.05, 0.1) is 18.2 Å². The van der Waals surface area contributed by atoms with Crippen molar-refractivity contribution in [2.75, 3.05) is 0 Å². The van der Waals surface area contributed by atoms with Crippen LogP contribution in [0.1, 0.15) is 42.9 Å². The predicted octanol–water partition coefficient (Wildman–Crippen LogP) is 2.12. The second-order valence-corrected chi connectivity index (χ2v) is 6.00. The van der Waals surface area contributed by atoms with Crippen molar-refractivity contribution in [2.24, 2.45) is 5.84 Å². The van der Waals surface area contributed by atoms with E-state index >= 15 is 0 Å². The number of fused-ring (bicyclic) bond motifs is 1. The second kappa shape index (κ2) is 5.61. The highest BCUT2D eigenvalue weighted by molar-refractivity contribution is 5.35. The molecule has 19 heavy (non-hydrogen) atoms. The highest BCUT2D eigenvalue weighted by Gasteiger charge is 2.29. The number of hydrogen-bond donors (Lipinski definition) is 2. The van der Waals surface area contributed by atoms with Gasteiger partial charge < -0.3 is 4.74 Å². The van der Waals surface area contributed by atoms with E-state index in [1.54, 1.807) is 0 Å². The molecular formula is C16H24N2O. The maximum Gasteiger partial charge on any atom is 0.0749 e. The van der Waals surface area contributed by atoms with E-state index in [1.807, 2.05) is 0 Å². The molecule has 1 aliphatic carbocycles. The minimum Gasteiger partial charge on any atom is -0.374 e. The lowest BCUT2D eigenvalue weighted by molar-refractivity contribution is 0.0320. The Morgan fingerprint density at radius 3 is 2.89 bits per heavy atom. The third-order valence-corrected chi connectivity index (χ3v) is 4.55. The fourth-order valence-electron chi connectivity index (χ4n) is 3.43. The van der Waals surface area contributed by atoms with Crippen molar-refractivity contribution < 1.29 is 4.74 Å². The Kier molecular flexibility index (Phi) is 3.87. The first-order valence-corrected chi connectivity index (χ1v) is 7.48. The summed E-state index contributed by atoms with van der Waals surface area (Å²) in [5.74, 6) is 5.73. The maximum atomic E-state index is 5.94. The van der Waals surface area contributed by atoms with E-state index in [-0.39, 0.29) is 12.1 Å². The summed E-state index contributed by atoms with van der Waals surface area (Å²) >= 11 is 0. The lowest BCUT2D eigenvalue weighted by Gasteiger charge is -2.23. The Hall–Kier alpha value is -0.900. The first kappa shape index (κ1) is 13.1. The van der Waals surface area contributed by atoms with E-state index in [1.165, 1.54) is 36.0 Å².